The summed E-state index contributed by atoms with van der Waals surface area (Å²) in [6.45, 7) is 5.94. The summed E-state index contributed by atoms with van der Waals surface area (Å²) >= 11 is 0. The number of aryl methyl sites for hydroxylation is 1. The monoisotopic (exact) mass is 422 g/mol. The van der Waals surface area contributed by atoms with Crippen LogP contribution in [0.15, 0.2) is 41.5 Å². The largest absolute Gasteiger partial charge is 0.354 e. The number of aromatic nitrogens is 4. The summed E-state index contributed by atoms with van der Waals surface area (Å²) < 4.78 is 2.67. The molecule has 1 fully saturated rings. The van der Waals surface area contributed by atoms with Gasteiger partial charge >= 0.3 is 0 Å². The van der Waals surface area contributed by atoms with Gasteiger partial charge in [0.1, 0.15) is 18.4 Å². The highest BCUT2D eigenvalue weighted by Crippen LogP contribution is 2.19. The van der Waals surface area contributed by atoms with E-state index in [0.717, 1.165) is 38.0 Å². The molecule has 0 aliphatic carbocycles. The Labute approximate surface area is 181 Å². The lowest BCUT2D eigenvalue weighted by atomic mass is 10.1. The van der Waals surface area contributed by atoms with Crippen LogP contribution in [0.3, 0.4) is 0 Å². The third-order valence-corrected chi connectivity index (χ3v) is 5.86. The molecule has 1 aliphatic heterocycles. The number of nitrogens with one attached hydrogen (secondary N) is 1. The van der Waals surface area contributed by atoms with Gasteiger partial charge in [0.2, 0.25) is 5.91 Å². The fourth-order valence-corrected chi connectivity index (χ4v) is 4.01. The molecule has 1 saturated heterocycles. The molecule has 0 atom stereocenters. The zero-order chi connectivity index (χ0) is 21.6. The predicted octanol–water partition coefficient (Wildman–Crippen LogP) is 2.11. The molecule has 1 N–H and O–H groups in total. The molecule has 0 unspecified atom stereocenters. The molecular formula is C23H30N6O2. The number of carbonyl (C=O) groups is 1. The van der Waals surface area contributed by atoms with Crippen molar-refractivity contribution < 1.29 is 4.79 Å². The van der Waals surface area contributed by atoms with Crippen molar-refractivity contribution in [2.45, 2.75) is 45.6 Å². The number of nitrogens with zero attached hydrogens (tertiary/aromatic N) is 5. The van der Waals surface area contributed by atoms with E-state index in [9.17, 15) is 9.59 Å². The van der Waals surface area contributed by atoms with Crippen LogP contribution in [-0.4, -0.2) is 56.4 Å². The molecule has 164 valence electrons. The summed E-state index contributed by atoms with van der Waals surface area (Å²) in [7, 11) is 0. The second kappa shape index (κ2) is 9.87. The first kappa shape index (κ1) is 21.2. The summed E-state index contributed by atoms with van der Waals surface area (Å²) in [4.78, 5) is 27.5. The summed E-state index contributed by atoms with van der Waals surface area (Å²) in [6, 6.07) is 9.88. The van der Waals surface area contributed by atoms with Crippen LogP contribution in [0.25, 0.3) is 16.8 Å². The van der Waals surface area contributed by atoms with Crippen molar-refractivity contribution in [3.05, 3.63) is 52.6 Å². The smallest absolute Gasteiger partial charge is 0.293 e. The van der Waals surface area contributed by atoms with Gasteiger partial charge < -0.3 is 10.2 Å². The van der Waals surface area contributed by atoms with Crippen LogP contribution in [0.1, 0.15) is 38.2 Å². The van der Waals surface area contributed by atoms with E-state index in [1.54, 1.807) is 6.07 Å². The van der Waals surface area contributed by atoms with Crippen molar-refractivity contribution in [1.82, 2.24) is 29.6 Å². The molecule has 8 heteroatoms. The van der Waals surface area contributed by atoms with Crippen molar-refractivity contribution >= 4 is 11.4 Å². The van der Waals surface area contributed by atoms with Gasteiger partial charge in [-0.05, 0) is 56.9 Å². The van der Waals surface area contributed by atoms with Crippen LogP contribution in [-0.2, 0) is 17.8 Å². The number of amides is 1. The molecule has 8 nitrogen and oxygen atoms in total. The van der Waals surface area contributed by atoms with E-state index in [-0.39, 0.29) is 18.0 Å². The Balaban J connectivity index is 1.37. The number of benzene rings is 1. The van der Waals surface area contributed by atoms with Gasteiger partial charge in [-0.2, -0.15) is 10.2 Å². The van der Waals surface area contributed by atoms with Crippen molar-refractivity contribution in [3.63, 3.8) is 0 Å². The van der Waals surface area contributed by atoms with E-state index in [4.69, 9.17) is 0 Å². The molecule has 31 heavy (non-hydrogen) atoms. The topological polar surface area (TPSA) is 84.5 Å². The van der Waals surface area contributed by atoms with Crippen molar-refractivity contribution in [1.29, 1.82) is 0 Å². The first-order valence-corrected chi connectivity index (χ1v) is 11.2. The van der Waals surface area contributed by atoms with Gasteiger partial charge in [-0.1, -0.05) is 37.6 Å². The van der Waals surface area contributed by atoms with Gasteiger partial charge in [-0.3, -0.25) is 9.59 Å². The highest BCUT2D eigenvalue weighted by atomic mass is 16.2. The van der Waals surface area contributed by atoms with E-state index in [1.807, 2.05) is 12.1 Å². The van der Waals surface area contributed by atoms with Crippen LogP contribution in [0, 0.1) is 0 Å². The lowest BCUT2D eigenvalue weighted by Gasteiger charge is -2.26. The Bertz CT molecular complexity index is 1080. The van der Waals surface area contributed by atoms with Gasteiger partial charge in [-0.25, -0.2) is 9.20 Å². The number of rotatable bonds is 8. The average Bonchev–Trinajstić information content (AvgIpc) is 3.25. The lowest BCUT2D eigenvalue weighted by Crippen LogP contribution is -2.36. The standard InChI is InChI=1S/C23H30N6O2/c1-2-18-7-9-19(10-8-18)20-15-21-23(31)28(25-17-29(21)26-20)16-22(30)24-11-6-14-27-12-4-3-5-13-27/h7-10,15,17H,2-6,11-14,16H2,1H3,(H,24,30). The predicted molar refractivity (Wildman–Crippen MR) is 120 cm³/mol. The fraction of sp³-hybridized carbons (Fsp3) is 0.478. The highest BCUT2D eigenvalue weighted by Gasteiger charge is 2.13. The quantitative estimate of drug-likeness (QED) is 0.562. The third kappa shape index (κ3) is 5.19. The summed E-state index contributed by atoms with van der Waals surface area (Å²) in [5, 5.41) is 11.5. The molecule has 0 bridgehead atoms. The van der Waals surface area contributed by atoms with Crippen LogP contribution in [0.5, 0.6) is 0 Å². The van der Waals surface area contributed by atoms with Crippen molar-refractivity contribution in [2.24, 2.45) is 0 Å². The second-order valence-electron chi connectivity index (χ2n) is 8.11. The molecular weight excluding hydrogens is 392 g/mol. The molecule has 0 spiro atoms. The van der Waals surface area contributed by atoms with E-state index in [1.165, 1.54) is 40.4 Å². The van der Waals surface area contributed by atoms with Crippen LogP contribution < -0.4 is 10.9 Å². The molecule has 0 saturated carbocycles. The van der Waals surface area contributed by atoms with Crippen LogP contribution in [0.4, 0.5) is 0 Å². The summed E-state index contributed by atoms with van der Waals surface area (Å²) in [5.41, 5.74) is 2.98. The van der Waals surface area contributed by atoms with E-state index in [0.29, 0.717) is 17.8 Å². The van der Waals surface area contributed by atoms with Gasteiger partial charge in [0, 0.05) is 12.1 Å². The van der Waals surface area contributed by atoms with Crippen LogP contribution >= 0.6 is 0 Å². The number of piperidine rings is 1. The second-order valence-corrected chi connectivity index (χ2v) is 8.11. The molecule has 4 rings (SSSR count). The molecule has 3 aromatic rings. The number of carbonyl (C=O) groups excluding carboxylic acids is 1. The maximum atomic E-state index is 12.8. The minimum absolute atomic E-state index is 0.0925. The molecule has 2 aromatic heterocycles. The third-order valence-electron chi connectivity index (χ3n) is 5.86. The normalized spacial score (nSPS) is 14.7. The maximum absolute atomic E-state index is 12.8. The zero-order valence-corrected chi connectivity index (χ0v) is 18.1. The molecule has 1 aliphatic rings. The number of likely N-dealkylation sites (tertiary alicyclic amines) is 1. The number of hydrogen-bond acceptors (Lipinski definition) is 5. The van der Waals surface area contributed by atoms with Crippen molar-refractivity contribution in [3.8, 4) is 11.3 Å². The average molecular weight is 423 g/mol. The number of hydrogen-bond donors (Lipinski definition) is 1. The van der Waals surface area contributed by atoms with E-state index >= 15 is 0 Å². The number of fused-ring (bicyclic) bond motifs is 1. The molecule has 3 heterocycles. The first-order valence-electron chi connectivity index (χ1n) is 11.2. The Hall–Kier alpha value is -3.00. The first-order chi connectivity index (χ1) is 15.1. The van der Waals surface area contributed by atoms with Crippen LogP contribution in [0.2, 0.25) is 0 Å². The zero-order valence-electron chi connectivity index (χ0n) is 18.1. The highest BCUT2D eigenvalue weighted by molar-refractivity contribution is 5.75. The molecule has 1 amide bonds. The summed E-state index contributed by atoms with van der Waals surface area (Å²) in [5.74, 6) is -0.201. The van der Waals surface area contributed by atoms with Gasteiger partial charge in [0.15, 0.2) is 0 Å². The Kier molecular flexibility index (Phi) is 6.76. The van der Waals surface area contributed by atoms with Crippen molar-refractivity contribution in [2.75, 3.05) is 26.2 Å². The fourth-order valence-electron chi connectivity index (χ4n) is 4.01. The Morgan fingerprint density at radius 1 is 1.13 bits per heavy atom. The minimum Gasteiger partial charge on any atom is -0.354 e. The maximum Gasteiger partial charge on any atom is 0.293 e. The lowest BCUT2D eigenvalue weighted by molar-refractivity contribution is -0.121. The molecule has 0 radical (unpaired) electrons. The molecule has 1 aromatic carbocycles. The van der Waals surface area contributed by atoms with Gasteiger partial charge in [0.25, 0.3) is 5.56 Å². The minimum atomic E-state index is -0.324. The van der Waals surface area contributed by atoms with Gasteiger partial charge in [-0.15, -0.1) is 0 Å². The Morgan fingerprint density at radius 3 is 2.65 bits per heavy atom. The van der Waals surface area contributed by atoms with E-state index in [2.05, 4.69) is 39.5 Å². The van der Waals surface area contributed by atoms with Gasteiger partial charge in [0.05, 0.1) is 5.69 Å². The Morgan fingerprint density at radius 2 is 1.90 bits per heavy atom. The SMILES string of the molecule is CCc1ccc(-c2cc3c(=O)n(CC(=O)NCCCN4CCCCC4)ncn3n2)cc1. The van der Waals surface area contributed by atoms with E-state index < -0.39 is 0 Å². The summed E-state index contributed by atoms with van der Waals surface area (Å²) in [6.07, 6.45) is 7.22.